The highest BCUT2D eigenvalue weighted by Gasteiger charge is 2.16. The molecular formula is C15H19FN2. The maximum absolute atomic E-state index is 13.6. The second-order valence-electron chi connectivity index (χ2n) is 4.97. The van der Waals surface area contributed by atoms with Gasteiger partial charge in [0.25, 0.3) is 0 Å². The molecule has 2 rings (SSSR count). The molecule has 0 radical (unpaired) electrons. The number of rotatable bonds is 2. The zero-order valence-electron chi connectivity index (χ0n) is 10.8. The Balaban J connectivity index is 2.12. The van der Waals surface area contributed by atoms with Gasteiger partial charge in [-0.3, -0.25) is 0 Å². The number of anilines is 1. The SMILES string of the molecule is CCC1CCCN(c2ccc(C#N)c(F)c2)CC1. The Morgan fingerprint density at radius 2 is 2.22 bits per heavy atom. The molecule has 1 aromatic carbocycles. The van der Waals surface area contributed by atoms with Crippen molar-refractivity contribution in [1.29, 1.82) is 5.26 Å². The molecule has 1 aliphatic heterocycles. The smallest absolute Gasteiger partial charge is 0.143 e. The second-order valence-corrected chi connectivity index (χ2v) is 4.97. The fraction of sp³-hybridized carbons (Fsp3) is 0.533. The van der Waals surface area contributed by atoms with E-state index in [0.29, 0.717) is 0 Å². The number of halogens is 1. The standard InChI is InChI=1S/C15H19FN2/c1-2-12-4-3-8-18(9-7-12)14-6-5-13(11-17)15(16)10-14/h5-6,10,12H,2-4,7-9H2,1H3. The molecule has 1 atom stereocenters. The Labute approximate surface area is 108 Å². The van der Waals surface area contributed by atoms with Crippen molar-refractivity contribution in [3.8, 4) is 6.07 Å². The molecule has 0 N–H and O–H groups in total. The number of hydrogen-bond donors (Lipinski definition) is 0. The van der Waals surface area contributed by atoms with Gasteiger partial charge in [0.2, 0.25) is 0 Å². The molecule has 1 heterocycles. The van der Waals surface area contributed by atoms with Crippen molar-refractivity contribution >= 4 is 5.69 Å². The number of hydrogen-bond acceptors (Lipinski definition) is 2. The Hall–Kier alpha value is -1.56. The van der Waals surface area contributed by atoms with Crippen LogP contribution in [0.5, 0.6) is 0 Å². The molecule has 96 valence electrons. The van der Waals surface area contributed by atoms with Gasteiger partial charge >= 0.3 is 0 Å². The Bertz CT molecular complexity index is 450. The van der Waals surface area contributed by atoms with Crippen LogP contribution in [0.15, 0.2) is 18.2 Å². The van der Waals surface area contributed by atoms with Gasteiger partial charge in [0.15, 0.2) is 0 Å². The minimum Gasteiger partial charge on any atom is -0.371 e. The van der Waals surface area contributed by atoms with E-state index in [9.17, 15) is 4.39 Å². The normalized spacial score (nSPS) is 20.3. The topological polar surface area (TPSA) is 27.0 Å². The van der Waals surface area contributed by atoms with E-state index < -0.39 is 5.82 Å². The van der Waals surface area contributed by atoms with Crippen LogP contribution in [0.3, 0.4) is 0 Å². The summed E-state index contributed by atoms with van der Waals surface area (Å²) in [5.41, 5.74) is 1.03. The second kappa shape index (κ2) is 5.86. The number of benzene rings is 1. The van der Waals surface area contributed by atoms with Crippen molar-refractivity contribution in [2.45, 2.75) is 32.6 Å². The van der Waals surface area contributed by atoms with E-state index in [4.69, 9.17) is 5.26 Å². The van der Waals surface area contributed by atoms with Crippen molar-refractivity contribution in [3.63, 3.8) is 0 Å². The van der Waals surface area contributed by atoms with E-state index in [1.54, 1.807) is 6.07 Å². The van der Waals surface area contributed by atoms with E-state index in [2.05, 4.69) is 11.8 Å². The first-order valence-corrected chi connectivity index (χ1v) is 6.69. The van der Waals surface area contributed by atoms with Crippen molar-refractivity contribution in [1.82, 2.24) is 0 Å². The third-order valence-electron chi connectivity index (χ3n) is 3.86. The van der Waals surface area contributed by atoms with Gasteiger partial charge in [-0.2, -0.15) is 5.26 Å². The van der Waals surface area contributed by atoms with E-state index >= 15 is 0 Å². The van der Waals surface area contributed by atoms with Gasteiger partial charge < -0.3 is 4.90 Å². The molecule has 0 saturated carbocycles. The molecule has 18 heavy (non-hydrogen) atoms. The van der Waals surface area contributed by atoms with Crippen LogP contribution in [0, 0.1) is 23.1 Å². The quantitative estimate of drug-likeness (QED) is 0.795. The highest BCUT2D eigenvalue weighted by molar-refractivity contribution is 5.50. The Morgan fingerprint density at radius 1 is 1.39 bits per heavy atom. The molecule has 1 unspecified atom stereocenters. The van der Waals surface area contributed by atoms with Gasteiger partial charge in [0, 0.05) is 18.8 Å². The third kappa shape index (κ3) is 2.81. The molecule has 2 nitrogen and oxygen atoms in total. The largest absolute Gasteiger partial charge is 0.371 e. The fourth-order valence-corrected chi connectivity index (χ4v) is 2.62. The molecule has 1 saturated heterocycles. The lowest BCUT2D eigenvalue weighted by atomic mass is 9.98. The Morgan fingerprint density at radius 3 is 2.89 bits per heavy atom. The molecule has 3 heteroatoms. The average molecular weight is 246 g/mol. The van der Waals surface area contributed by atoms with Crippen molar-refractivity contribution < 1.29 is 4.39 Å². The van der Waals surface area contributed by atoms with Gasteiger partial charge in [-0.05, 0) is 43.4 Å². The van der Waals surface area contributed by atoms with Gasteiger partial charge in [-0.15, -0.1) is 0 Å². The van der Waals surface area contributed by atoms with Gasteiger partial charge in [0.1, 0.15) is 11.9 Å². The highest BCUT2D eigenvalue weighted by atomic mass is 19.1. The molecule has 0 amide bonds. The minimum atomic E-state index is -0.411. The van der Waals surface area contributed by atoms with Gasteiger partial charge in [0.05, 0.1) is 5.56 Å². The molecule has 0 aromatic heterocycles. The van der Waals surface area contributed by atoms with Crippen LogP contribution in [0.1, 0.15) is 38.2 Å². The lowest BCUT2D eigenvalue weighted by Gasteiger charge is -2.23. The molecule has 0 spiro atoms. The summed E-state index contributed by atoms with van der Waals surface area (Å²) in [7, 11) is 0. The molecular weight excluding hydrogens is 227 g/mol. The molecule has 1 aromatic rings. The molecule has 0 bridgehead atoms. The van der Waals surface area contributed by atoms with Crippen LogP contribution in [-0.4, -0.2) is 13.1 Å². The maximum atomic E-state index is 13.6. The molecule has 0 aliphatic carbocycles. The van der Waals surface area contributed by atoms with E-state index in [1.807, 2.05) is 12.1 Å². The fourth-order valence-electron chi connectivity index (χ4n) is 2.62. The summed E-state index contributed by atoms with van der Waals surface area (Å²) in [5, 5.41) is 8.73. The van der Waals surface area contributed by atoms with E-state index in [-0.39, 0.29) is 5.56 Å². The average Bonchev–Trinajstić information content (AvgIpc) is 2.63. The molecule has 1 aliphatic rings. The third-order valence-corrected chi connectivity index (χ3v) is 3.86. The van der Waals surface area contributed by atoms with E-state index in [0.717, 1.165) is 24.7 Å². The summed E-state index contributed by atoms with van der Waals surface area (Å²) in [6.45, 7) is 4.22. The van der Waals surface area contributed by atoms with Crippen LogP contribution in [0.4, 0.5) is 10.1 Å². The minimum absolute atomic E-state index is 0.125. The maximum Gasteiger partial charge on any atom is 0.143 e. The zero-order chi connectivity index (χ0) is 13.0. The highest BCUT2D eigenvalue weighted by Crippen LogP contribution is 2.25. The van der Waals surface area contributed by atoms with Crippen molar-refractivity contribution in [3.05, 3.63) is 29.6 Å². The van der Waals surface area contributed by atoms with E-state index in [1.165, 1.54) is 31.7 Å². The number of nitrogens with zero attached hydrogens (tertiary/aromatic N) is 2. The zero-order valence-corrected chi connectivity index (χ0v) is 10.8. The van der Waals surface area contributed by atoms with Crippen LogP contribution < -0.4 is 4.90 Å². The van der Waals surface area contributed by atoms with Gasteiger partial charge in [-0.25, -0.2) is 4.39 Å². The predicted molar refractivity (Wildman–Crippen MR) is 71.0 cm³/mol. The lowest BCUT2D eigenvalue weighted by molar-refractivity contribution is 0.459. The summed E-state index contributed by atoms with van der Waals surface area (Å²) < 4.78 is 13.6. The monoisotopic (exact) mass is 246 g/mol. The lowest BCUT2D eigenvalue weighted by Crippen LogP contribution is -2.24. The van der Waals surface area contributed by atoms with Gasteiger partial charge in [-0.1, -0.05) is 13.3 Å². The van der Waals surface area contributed by atoms with Crippen LogP contribution in [0.25, 0.3) is 0 Å². The summed E-state index contributed by atoms with van der Waals surface area (Å²) in [6.07, 6.45) is 4.85. The first-order valence-electron chi connectivity index (χ1n) is 6.69. The van der Waals surface area contributed by atoms with Crippen molar-refractivity contribution in [2.24, 2.45) is 5.92 Å². The van der Waals surface area contributed by atoms with Crippen molar-refractivity contribution in [2.75, 3.05) is 18.0 Å². The van der Waals surface area contributed by atoms with Crippen LogP contribution >= 0.6 is 0 Å². The summed E-state index contributed by atoms with van der Waals surface area (Å²) >= 11 is 0. The Kier molecular flexibility index (Phi) is 4.19. The summed E-state index contributed by atoms with van der Waals surface area (Å²) in [6, 6.07) is 6.78. The van der Waals surface area contributed by atoms with Crippen LogP contribution in [0.2, 0.25) is 0 Å². The molecule has 1 fully saturated rings. The first-order chi connectivity index (χ1) is 8.74. The summed E-state index contributed by atoms with van der Waals surface area (Å²) in [5.74, 6) is 0.393. The predicted octanol–water partition coefficient (Wildman–Crippen LogP) is 3.71. The van der Waals surface area contributed by atoms with Crippen LogP contribution in [-0.2, 0) is 0 Å². The summed E-state index contributed by atoms with van der Waals surface area (Å²) in [4.78, 5) is 2.24. The first kappa shape index (κ1) is 12.9. The number of nitriles is 1.